The third-order valence-electron chi connectivity index (χ3n) is 1.87. The Bertz CT molecular complexity index is 484. The Morgan fingerprint density at radius 2 is 2.31 bits per heavy atom. The molecule has 0 aliphatic rings. The van der Waals surface area contributed by atoms with E-state index in [0.29, 0.717) is 4.88 Å². The van der Waals surface area contributed by atoms with Gasteiger partial charge in [-0.05, 0) is 18.5 Å². The SMILES string of the molecule is Cc1nn(C)c2nsc(C(N)=O)c12. The van der Waals surface area contributed by atoms with Crippen molar-refractivity contribution in [1.29, 1.82) is 0 Å². The highest BCUT2D eigenvalue weighted by molar-refractivity contribution is 7.09. The van der Waals surface area contributed by atoms with Crippen LogP contribution < -0.4 is 5.73 Å². The molecule has 68 valence electrons. The summed E-state index contributed by atoms with van der Waals surface area (Å²) in [5.41, 5.74) is 6.71. The van der Waals surface area contributed by atoms with Gasteiger partial charge in [-0.15, -0.1) is 0 Å². The second kappa shape index (κ2) is 2.53. The molecule has 13 heavy (non-hydrogen) atoms. The number of hydrogen-bond donors (Lipinski definition) is 1. The van der Waals surface area contributed by atoms with Crippen molar-refractivity contribution in [2.24, 2.45) is 12.8 Å². The summed E-state index contributed by atoms with van der Waals surface area (Å²) in [7, 11) is 1.79. The van der Waals surface area contributed by atoms with Crippen molar-refractivity contribution in [2.75, 3.05) is 0 Å². The van der Waals surface area contributed by atoms with E-state index in [1.807, 2.05) is 6.92 Å². The summed E-state index contributed by atoms with van der Waals surface area (Å²) in [6.45, 7) is 1.84. The average molecular weight is 196 g/mol. The van der Waals surface area contributed by atoms with Gasteiger partial charge in [0.15, 0.2) is 5.65 Å². The minimum atomic E-state index is -0.441. The van der Waals surface area contributed by atoms with Crippen LogP contribution in [0.1, 0.15) is 15.4 Å². The molecular formula is C7H8N4OS. The Balaban J connectivity index is 2.86. The average Bonchev–Trinajstić information content (AvgIpc) is 2.55. The van der Waals surface area contributed by atoms with Gasteiger partial charge in [-0.1, -0.05) is 0 Å². The lowest BCUT2D eigenvalue weighted by molar-refractivity contribution is 0.101. The lowest BCUT2D eigenvalue weighted by atomic mass is 10.3. The van der Waals surface area contributed by atoms with E-state index in [4.69, 9.17) is 5.73 Å². The summed E-state index contributed by atoms with van der Waals surface area (Å²) < 4.78 is 5.75. The maximum absolute atomic E-state index is 11.0. The second-order valence-corrected chi connectivity index (χ2v) is 3.56. The smallest absolute Gasteiger partial charge is 0.261 e. The Kier molecular flexibility index (Phi) is 1.59. The molecule has 0 radical (unpaired) electrons. The maximum Gasteiger partial charge on any atom is 0.261 e. The molecule has 0 saturated heterocycles. The van der Waals surface area contributed by atoms with Crippen molar-refractivity contribution in [1.82, 2.24) is 14.2 Å². The fourth-order valence-corrected chi connectivity index (χ4v) is 2.13. The molecule has 0 atom stereocenters. The first-order valence-electron chi connectivity index (χ1n) is 3.70. The van der Waals surface area contributed by atoms with Gasteiger partial charge in [-0.25, -0.2) is 4.68 Å². The lowest BCUT2D eigenvalue weighted by Crippen LogP contribution is -2.09. The van der Waals surface area contributed by atoms with Gasteiger partial charge in [0.25, 0.3) is 5.91 Å². The molecule has 2 rings (SSSR count). The van der Waals surface area contributed by atoms with Crippen LogP contribution in [0.15, 0.2) is 0 Å². The van der Waals surface area contributed by atoms with Gasteiger partial charge in [0, 0.05) is 7.05 Å². The zero-order chi connectivity index (χ0) is 9.59. The maximum atomic E-state index is 11.0. The second-order valence-electron chi connectivity index (χ2n) is 2.78. The van der Waals surface area contributed by atoms with Crippen molar-refractivity contribution in [3.05, 3.63) is 10.6 Å². The van der Waals surface area contributed by atoms with E-state index in [1.54, 1.807) is 11.7 Å². The fraction of sp³-hybridized carbons (Fsp3) is 0.286. The first-order chi connectivity index (χ1) is 6.11. The van der Waals surface area contributed by atoms with Gasteiger partial charge >= 0.3 is 0 Å². The molecule has 2 aromatic heterocycles. The van der Waals surface area contributed by atoms with E-state index in [0.717, 1.165) is 28.3 Å². The van der Waals surface area contributed by atoms with Crippen molar-refractivity contribution >= 4 is 28.5 Å². The molecule has 0 saturated carbocycles. The van der Waals surface area contributed by atoms with Crippen LogP contribution in [0.25, 0.3) is 11.0 Å². The minimum absolute atomic E-state index is 0.441. The topological polar surface area (TPSA) is 73.8 Å². The van der Waals surface area contributed by atoms with E-state index in [1.165, 1.54) is 0 Å². The van der Waals surface area contributed by atoms with E-state index in [-0.39, 0.29) is 0 Å². The number of fused-ring (bicyclic) bond motifs is 1. The zero-order valence-corrected chi connectivity index (χ0v) is 8.05. The molecule has 1 amide bonds. The van der Waals surface area contributed by atoms with Crippen LogP contribution in [0.3, 0.4) is 0 Å². The molecule has 2 N–H and O–H groups in total. The van der Waals surface area contributed by atoms with E-state index < -0.39 is 5.91 Å². The summed E-state index contributed by atoms with van der Waals surface area (Å²) in [5, 5.41) is 4.92. The molecule has 5 nitrogen and oxygen atoms in total. The van der Waals surface area contributed by atoms with Crippen LogP contribution >= 0.6 is 11.5 Å². The summed E-state index contributed by atoms with van der Waals surface area (Å²) in [6, 6.07) is 0. The van der Waals surface area contributed by atoms with Gasteiger partial charge in [-0.2, -0.15) is 9.47 Å². The molecule has 0 aromatic carbocycles. The number of carbonyl (C=O) groups is 1. The quantitative estimate of drug-likeness (QED) is 0.719. The molecule has 0 unspecified atom stereocenters. The molecule has 0 fully saturated rings. The number of nitrogens with zero attached hydrogens (tertiary/aromatic N) is 3. The van der Waals surface area contributed by atoms with E-state index in [2.05, 4.69) is 9.47 Å². The van der Waals surface area contributed by atoms with Gasteiger partial charge in [-0.3, -0.25) is 4.79 Å². The number of hydrogen-bond acceptors (Lipinski definition) is 4. The molecule has 2 heterocycles. The molecule has 0 aliphatic heterocycles. The highest BCUT2D eigenvalue weighted by atomic mass is 32.1. The van der Waals surface area contributed by atoms with Gasteiger partial charge in [0.05, 0.1) is 11.1 Å². The van der Waals surface area contributed by atoms with Crippen molar-refractivity contribution in [2.45, 2.75) is 6.92 Å². The van der Waals surface area contributed by atoms with Crippen LogP contribution in [0.2, 0.25) is 0 Å². The standard InChI is InChI=1S/C7H8N4OS/c1-3-4-5(6(8)12)13-10-7(4)11(2)9-3/h1-2H3,(H2,8,12). The highest BCUT2D eigenvalue weighted by Gasteiger charge is 2.17. The van der Waals surface area contributed by atoms with Crippen molar-refractivity contribution in [3.63, 3.8) is 0 Å². The number of amides is 1. The summed E-state index contributed by atoms with van der Waals surface area (Å²) in [4.78, 5) is 11.5. The highest BCUT2D eigenvalue weighted by Crippen LogP contribution is 2.24. The Morgan fingerprint density at radius 3 is 2.92 bits per heavy atom. The largest absolute Gasteiger partial charge is 0.365 e. The van der Waals surface area contributed by atoms with Gasteiger partial charge in [0.1, 0.15) is 4.88 Å². The molecular weight excluding hydrogens is 188 g/mol. The molecule has 2 aromatic rings. The van der Waals surface area contributed by atoms with E-state index in [9.17, 15) is 4.79 Å². The van der Waals surface area contributed by atoms with Crippen LogP contribution in [-0.2, 0) is 7.05 Å². The number of carbonyl (C=O) groups excluding carboxylic acids is 1. The lowest BCUT2D eigenvalue weighted by Gasteiger charge is -1.86. The molecule has 6 heteroatoms. The summed E-state index contributed by atoms with van der Waals surface area (Å²) >= 11 is 1.12. The normalized spacial score (nSPS) is 10.9. The van der Waals surface area contributed by atoms with Crippen molar-refractivity contribution in [3.8, 4) is 0 Å². The van der Waals surface area contributed by atoms with Crippen LogP contribution in [0.5, 0.6) is 0 Å². The Morgan fingerprint density at radius 1 is 1.62 bits per heavy atom. The van der Waals surface area contributed by atoms with Crippen LogP contribution in [0.4, 0.5) is 0 Å². The van der Waals surface area contributed by atoms with Gasteiger partial charge < -0.3 is 5.73 Å². The predicted octanol–water partition coefficient (Wildman–Crippen LogP) is 0.437. The summed E-state index contributed by atoms with van der Waals surface area (Å²) in [6.07, 6.45) is 0. The Labute approximate surface area is 78.3 Å². The monoisotopic (exact) mass is 196 g/mol. The summed E-state index contributed by atoms with van der Waals surface area (Å²) in [5.74, 6) is -0.441. The third-order valence-corrected chi connectivity index (χ3v) is 2.72. The zero-order valence-electron chi connectivity index (χ0n) is 7.24. The fourth-order valence-electron chi connectivity index (χ4n) is 1.32. The first kappa shape index (κ1) is 8.18. The van der Waals surface area contributed by atoms with E-state index >= 15 is 0 Å². The van der Waals surface area contributed by atoms with Crippen LogP contribution in [-0.4, -0.2) is 20.1 Å². The number of aromatic nitrogens is 3. The number of aryl methyl sites for hydroxylation is 2. The first-order valence-corrected chi connectivity index (χ1v) is 4.47. The molecule has 0 spiro atoms. The number of primary amides is 1. The molecule has 0 aliphatic carbocycles. The Hall–Kier alpha value is -1.43. The number of nitrogens with two attached hydrogens (primary N) is 1. The van der Waals surface area contributed by atoms with Crippen LogP contribution in [0, 0.1) is 6.92 Å². The van der Waals surface area contributed by atoms with Crippen molar-refractivity contribution < 1.29 is 4.79 Å². The van der Waals surface area contributed by atoms with Gasteiger partial charge in [0.2, 0.25) is 0 Å². The number of rotatable bonds is 1. The predicted molar refractivity (Wildman–Crippen MR) is 49.6 cm³/mol. The third kappa shape index (κ3) is 1.02. The minimum Gasteiger partial charge on any atom is -0.365 e. The molecule has 0 bridgehead atoms.